The van der Waals surface area contributed by atoms with Crippen LogP contribution in [0.15, 0.2) is 23.8 Å². The first-order chi connectivity index (χ1) is 5.20. The Kier molecular flexibility index (Phi) is 5.44. The van der Waals surface area contributed by atoms with E-state index in [1.165, 1.54) is 5.57 Å². The van der Waals surface area contributed by atoms with Crippen molar-refractivity contribution in [3.63, 3.8) is 0 Å². The van der Waals surface area contributed by atoms with Gasteiger partial charge in [-0.15, -0.1) is 0 Å². The summed E-state index contributed by atoms with van der Waals surface area (Å²) in [5.41, 5.74) is 1.38. The molecule has 0 atom stereocenters. The van der Waals surface area contributed by atoms with Gasteiger partial charge < -0.3 is 0 Å². The average Bonchev–Trinajstić information content (AvgIpc) is 1.98. The Morgan fingerprint density at radius 3 is 2.45 bits per heavy atom. The summed E-state index contributed by atoms with van der Waals surface area (Å²) in [5.74, 6) is 0.122. The lowest BCUT2D eigenvalue weighted by Gasteiger charge is -1.96. The van der Waals surface area contributed by atoms with Crippen molar-refractivity contribution in [1.82, 2.24) is 0 Å². The van der Waals surface area contributed by atoms with E-state index < -0.39 is 0 Å². The summed E-state index contributed by atoms with van der Waals surface area (Å²) >= 11 is 0. The van der Waals surface area contributed by atoms with E-state index in [0.717, 1.165) is 12.8 Å². The smallest absolute Gasteiger partial charge is 0.152 e. The van der Waals surface area contributed by atoms with Gasteiger partial charge in [0.05, 0.1) is 0 Å². The molecule has 0 aliphatic rings. The number of hydrogen-bond acceptors (Lipinski definition) is 1. The molecule has 0 unspecified atom stereocenters. The third-order valence-corrected chi connectivity index (χ3v) is 1.59. The van der Waals surface area contributed by atoms with E-state index in [4.69, 9.17) is 0 Å². The molecule has 0 aromatic carbocycles. The topological polar surface area (TPSA) is 17.1 Å². The average molecular weight is 152 g/mol. The fourth-order valence-corrected chi connectivity index (χ4v) is 0.843. The van der Waals surface area contributed by atoms with E-state index in [1.54, 1.807) is 13.0 Å². The van der Waals surface area contributed by atoms with Gasteiger partial charge in [-0.05, 0) is 32.8 Å². The SMILES string of the molecule is C/C=C(\CC)C/C=C/C(C)=O. The van der Waals surface area contributed by atoms with Crippen LogP contribution in [0, 0.1) is 0 Å². The summed E-state index contributed by atoms with van der Waals surface area (Å²) in [6.45, 7) is 5.72. The van der Waals surface area contributed by atoms with Crippen LogP contribution in [0.3, 0.4) is 0 Å². The number of carbonyl (C=O) groups excluding carboxylic acids is 1. The van der Waals surface area contributed by atoms with Gasteiger partial charge in [0.2, 0.25) is 0 Å². The fraction of sp³-hybridized carbons (Fsp3) is 0.500. The van der Waals surface area contributed by atoms with Gasteiger partial charge in [0.15, 0.2) is 5.78 Å². The van der Waals surface area contributed by atoms with Crippen LogP contribution in [0.2, 0.25) is 0 Å². The summed E-state index contributed by atoms with van der Waals surface area (Å²) in [6.07, 6.45) is 7.62. The number of allylic oxidation sites excluding steroid dienone is 4. The van der Waals surface area contributed by atoms with Gasteiger partial charge in [-0.2, -0.15) is 0 Å². The van der Waals surface area contributed by atoms with E-state index >= 15 is 0 Å². The summed E-state index contributed by atoms with van der Waals surface area (Å²) in [6, 6.07) is 0. The fourth-order valence-electron chi connectivity index (χ4n) is 0.843. The van der Waals surface area contributed by atoms with Crippen LogP contribution in [0.5, 0.6) is 0 Å². The maximum Gasteiger partial charge on any atom is 0.152 e. The molecule has 0 saturated carbocycles. The first-order valence-corrected chi connectivity index (χ1v) is 4.01. The zero-order valence-electron chi connectivity index (χ0n) is 7.55. The van der Waals surface area contributed by atoms with Crippen molar-refractivity contribution in [1.29, 1.82) is 0 Å². The summed E-state index contributed by atoms with van der Waals surface area (Å²) in [7, 11) is 0. The van der Waals surface area contributed by atoms with E-state index in [0.29, 0.717) is 0 Å². The maximum atomic E-state index is 10.5. The second-order valence-electron chi connectivity index (χ2n) is 2.52. The maximum absolute atomic E-state index is 10.5. The Labute approximate surface area is 68.8 Å². The van der Waals surface area contributed by atoms with Gasteiger partial charge in [-0.3, -0.25) is 4.79 Å². The lowest BCUT2D eigenvalue weighted by molar-refractivity contribution is -0.112. The minimum absolute atomic E-state index is 0.122. The number of ketones is 1. The Morgan fingerprint density at radius 1 is 1.45 bits per heavy atom. The highest BCUT2D eigenvalue weighted by Gasteiger charge is 1.88. The van der Waals surface area contributed by atoms with Gasteiger partial charge in [0, 0.05) is 0 Å². The Hall–Kier alpha value is -0.850. The zero-order valence-corrected chi connectivity index (χ0v) is 7.55. The summed E-state index contributed by atoms with van der Waals surface area (Å²) in [4.78, 5) is 10.5. The highest BCUT2D eigenvalue weighted by atomic mass is 16.1. The van der Waals surface area contributed by atoms with E-state index in [9.17, 15) is 4.79 Å². The van der Waals surface area contributed by atoms with Crippen molar-refractivity contribution in [2.24, 2.45) is 0 Å². The Morgan fingerprint density at radius 2 is 2.09 bits per heavy atom. The van der Waals surface area contributed by atoms with Gasteiger partial charge in [-0.1, -0.05) is 24.6 Å². The second-order valence-corrected chi connectivity index (χ2v) is 2.52. The highest BCUT2D eigenvalue weighted by molar-refractivity contribution is 5.87. The molecule has 0 aliphatic heterocycles. The molecule has 0 spiro atoms. The minimum atomic E-state index is 0.122. The molecule has 62 valence electrons. The standard InChI is InChI=1S/C10H16O/c1-4-10(5-2)8-6-7-9(3)11/h4,6-7H,5,8H2,1-3H3/b7-6+,10-4+. The van der Waals surface area contributed by atoms with Gasteiger partial charge >= 0.3 is 0 Å². The molecule has 0 bridgehead atoms. The third kappa shape index (κ3) is 5.59. The summed E-state index contributed by atoms with van der Waals surface area (Å²) in [5, 5.41) is 0. The quantitative estimate of drug-likeness (QED) is 0.447. The van der Waals surface area contributed by atoms with Crippen LogP contribution < -0.4 is 0 Å². The normalized spacial score (nSPS) is 12.5. The minimum Gasteiger partial charge on any atom is -0.295 e. The molecule has 0 N–H and O–H groups in total. The molecule has 0 aliphatic carbocycles. The molecule has 1 nitrogen and oxygen atoms in total. The van der Waals surface area contributed by atoms with Crippen molar-refractivity contribution in [3.8, 4) is 0 Å². The predicted octanol–water partition coefficient (Wildman–Crippen LogP) is 2.88. The molecule has 0 aromatic rings. The Balaban J connectivity index is 3.77. The van der Waals surface area contributed by atoms with Crippen LogP contribution in [0.4, 0.5) is 0 Å². The van der Waals surface area contributed by atoms with Gasteiger partial charge in [-0.25, -0.2) is 0 Å². The predicted molar refractivity (Wildman–Crippen MR) is 48.5 cm³/mol. The van der Waals surface area contributed by atoms with E-state index in [1.807, 2.05) is 13.0 Å². The lowest BCUT2D eigenvalue weighted by Crippen LogP contribution is -1.81. The first kappa shape index (κ1) is 10.2. The molecule has 0 fully saturated rings. The van der Waals surface area contributed by atoms with Crippen molar-refractivity contribution < 1.29 is 4.79 Å². The molecule has 0 heterocycles. The second kappa shape index (κ2) is 5.90. The van der Waals surface area contributed by atoms with Crippen molar-refractivity contribution in [2.45, 2.75) is 33.6 Å². The molecule has 0 amide bonds. The number of rotatable bonds is 4. The monoisotopic (exact) mass is 152 g/mol. The Bertz CT molecular complexity index is 175. The van der Waals surface area contributed by atoms with Crippen LogP contribution >= 0.6 is 0 Å². The molecule has 0 aromatic heterocycles. The molecular weight excluding hydrogens is 136 g/mol. The highest BCUT2D eigenvalue weighted by Crippen LogP contribution is 2.06. The molecular formula is C10H16O. The summed E-state index contributed by atoms with van der Waals surface area (Å²) < 4.78 is 0. The van der Waals surface area contributed by atoms with Crippen molar-refractivity contribution in [2.75, 3.05) is 0 Å². The molecule has 1 heteroatoms. The molecule has 0 radical (unpaired) electrons. The molecule has 0 rings (SSSR count). The van der Waals surface area contributed by atoms with Gasteiger partial charge in [0.1, 0.15) is 0 Å². The lowest BCUT2D eigenvalue weighted by atomic mass is 10.1. The third-order valence-electron chi connectivity index (χ3n) is 1.59. The van der Waals surface area contributed by atoms with E-state index in [2.05, 4.69) is 13.0 Å². The van der Waals surface area contributed by atoms with Crippen LogP contribution in [0.25, 0.3) is 0 Å². The first-order valence-electron chi connectivity index (χ1n) is 4.01. The number of hydrogen-bond donors (Lipinski definition) is 0. The van der Waals surface area contributed by atoms with Crippen LogP contribution in [0.1, 0.15) is 33.6 Å². The van der Waals surface area contributed by atoms with Crippen LogP contribution in [-0.2, 0) is 4.79 Å². The molecule has 0 saturated heterocycles. The van der Waals surface area contributed by atoms with Crippen molar-refractivity contribution >= 4 is 5.78 Å². The number of carbonyl (C=O) groups is 1. The molecule has 11 heavy (non-hydrogen) atoms. The van der Waals surface area contributed by atoms with E-state index in [-0.39, 0.29) is 5.78 Å². The largest absolute Gasteiger partial charge is 0.295 e. The van der Waals surface area contributed by atoms with Crippen molar-refractivity contribution in [3.05, 3.63) is 23.8 Å². The van der Waals surface area contributed by atoms with Crippen LogP contribution in [-0.4, -0.2) is 5.78 Å². The van der Waals surface area contributed by atoms with Gasteiger partial charge in [0.25, 0.3) is 0 Å². The zero-order chi connectivity index (χ0) is 8.69.